The van der Waals surface area contributed by atoms with Gasteiger partial charge in [-0.15, -0.1) is 0 Å². The standard InChI is InChI=1S/C15H17ClN2O2/c1-9(2)18-8-11(16)7-13(18)15(20)17-12-5-4-10(3)6-14(12)19/h4-9,19H,1-3H3,(H,17,20). The predicted molar refractivity (Wildman–Crippen MR) is 80.6 cm³/mol. The molecule has 1 amide bonds. The van der Waals surface area contributed by atoms with Crippen molar-refractivity contribution in [2.24, 2.45) is 0 Å². The van der Waals surface area contributed by atoms with Crippen molar-refractivity contribution >= 4 is 23.2 Å². The van der Waals surface area contributed by atoms with Gasteiger partial charge in [-0.05, 0) is 44.5 Å². The van der Waals surface area contributed by atoms with Crippen molar-refractivity contribution in [3.63, 3.8) is 0 Å². The summed E-state index contributed by atoms with van der Waals surface area (Å²) in [5, 5.41) is 13.0. The number of hydrogen-bond donors (Lipinski definition) is 2. The normalized spacial score (nSPS) is 10.8. The van der Waals surface area contributed by atoms with E-state index in [0.717, 1.165) is 5.56 Å². The van der Waals surface area contributed by atoms with E-state index in [-0.39, 0.29) is 17.7 Å². The Morgan fingerprint density at radius 1 is 1.35 bits per heavy atom. The Bertz CT molecular complexity index is 647. The number of carbonyl (C=O) groups is 1. The molecule has 0 unspecified atom stereocenters. The highest BCUT2D eigenvalue weighted by molar-refractivity contribution is 6.31. The number of amides is 1. The molecule has 0 bridgehead atoms. The van der Waals surface area contributed by atoms with Gasteiger partial charge in [0.15, 0.2) is 0 Å². The molecule has 0 spiro atoms. The fourth-order valence-electron chi connectivity index (χ4n) is 1.99. The van der Waals surface area contributed by atoms with Crippen molar-refractivity contribution in [2.45, 2.75) is 26.8 Å². The first kappa shape index (κ1) is 14.5. The van der Waals surface area contributed by atoms with E-state index in [2.05, 4.69) is 5.32 Å². The fraction of sp³-hybridized carbons (Fsp3) is 0.267. The molecule has 0 aliphatic carbocycles. The second-order valence-corrected chi connectivity index (χ2v) is 5.46. The molecule has 0 saturated heterocycles. The van der Waals surface area contributed by atoms with E-state index in [9.17, 15) is 9.90 Å². The van der Waals surface area contributed by atoms with Crippen LogP contribution in [-0.4, -0.2) is 15.6 Å². The number of rotatable bonds is 3. The molecule has 1 aromatic heterocycles. The molecule has 1 heterocycles. The zero-order chi connectivity index (χ0) is 14.9. The van der Waals surface area contributed by atoms with Crippen LogP contribution in [-0.2, 0) is 0 Å². The van der Waals surface area contributed by atoms with Crippen LogP contribution in [0.1, 0.15) is 35.9 Å². The lowest BCUT2D eigenvalue weighted by Gasteiger charge is -2.13. The van der Waals surface area contributed by atoms with E-state index in [4.69, 9.17) is 11.6 Å². The SMILES string of the molecule is Cc1ccc(NC(=O)c2cc(Cl)cn2C(C)C)c(O)c1. The molecular weight excluding hydrogens is 276 g/mol. The molecule has 1 aromatic carbocycles. The first-order valence-electron chi connectivity index (χ1n) is 6.37. The van der Waals surface area contributed by atoms with E-state index in [1.165, 1.54) is 0 Å². The molecule has 0 aliphatic heterocycles. The fourth-order valence-corrected chi connectivity index (χ4v) is 2.20. The molecule has 0 radical (unpaired) electrons. The molecule has 106 valence electrons. The summed E-state index contributed by atoms with van der Waals surface area (Å²) in [4.78, 5) is 12.3. The third-order valence-corrected chi connectivity index (χ3v) is 3.21. The maximum atomic E-state index is 12.3. The Kier molecular flexibility index (Phi) is 4.04. The lowest BCUT2D eigenvalue weighted by Crippen LogP contribution is -2.17. The van der Waals surface area contributed by atoms with Gasteiger partial charge in [0, 0.05) is 12.2 Å². The lowest BCUT2D eigenvalue weighted by atomic mass is 10.2. The summed E-state index contributed by atoms with van der Waals surface area (Å²) in [5.74, 6) is -0.253. The number of hydrogen-bond acceptors (Lipinski definition) is 2. The summed E-state index contributed by atoms with van der Waals surface area (Å²) in [6.07, 6.45) is 1.72. The number of phenolic OH excluding ortho intramolecular Hbond substituents is 1. The van der Waals surface area contributed by atoms with Crippen molar-refractivity contribution in [2.75, 3.05) is 5.32 Å². The topological polar surface area (TPSA) is 54.3 Å². The molecule has 2 aromatic rings. The van der Waals surface area contributed by atoms with E-state index in [1.807, 2.05) is 26.8 Å². The summed E-state index contributed by atoms with van der Waals surface area (Å²) < 4.78 is 1.79. The number of halogens is 1. The third-order valence-electron chi connectivity index (χ3n) is 3.01. The molecule has 0 aliphatic rings. The average Bonchev–Trinajstić information content (AvgIpc) is 2.75. The average molecular weight is 293 g/mol. The van der Waals surface area contributed by atoms with Crippen LogP contribution in [0.4, 0.5) is 5.69 Å². The zero-order valence-electron chi connectivity index (χ0n) is 11.6. The molecule has 20 heavy (non-hydrogen) atoms. The largest absolute Gasteiger partial charge is 0.506 e. The van der Waals surface area contributed by atoms with Crippen molar-refractivity contribution in [1.82, 2.24) is 4.57 Å². The highest BCUT2D eigenvalue weighted by Gasteiger charge is 2.16. The molecule has 2 rings (SSSR count). The predicted octanol–water partition coefficient (Wildman–Crippen LogP) is 3.99. The minimum atomic E-state index is -0.301. The lowest BCUT2D eigenvalue weighted by molar-refractivity contribution is 0.101. The summed E-state index contributed by atoms with van der Waals surface area (Å²) in [7, 11) is 0. The number of phenols is 1. The van der Waals surface area contributed by atoms with Gasteiger partial charge >= 0.3 is 0 Å². The van der Waals surface area contributed by atoms with Gasteiger partial charge in [0.1, 0.15) is 11.4 Å². The summed E-state index contributed by atoms with van der Waals surface area (Å²) in [6, 6.07) is 6.83. The molecule has 0 fully saturated rings. The minimum Gasteiger partial charge on any atom is -0.506 e. The summed E-state index contributed by atoms with van der Waals surface area (Å²) in [5.41, 5.74) is 1.77. The van der Waals surface area contributed by atoms with Crippen molar-refractivity contribution < 1.29 is 9.90 Å². The number of aromatic hydroxyl groups is 1. The van der Waals surface area contributed by atoms with E-state index >= 15 is 0 Å². The monoisotopic (exact) mass is 292 g/mol. The summed E-state index contributed by atoms with van der Waals surface area (Å²) >= 11 is 5.96. The number of nitrogens with zero attached hydrogens (tertiary/aromatic N) is 1. The van der Waals surface area contributed by atoms with Gasteiger partial charge in [0.05, 0.1) is 10.7 Å². The Labute approximate surface area is 123 Å². The van der Waals surface area contributed by atoms with Gasteiger partial charge in [-0.1, -0.05) is 17.7 Å². The molecule has 0 saturated carbocycles. The van der Waals surface area contributed by atoms with E-state index in [1.54, 1.807) is 29.0 Å². The molecule has 5 heteroatoms. The van der Waals surface area contributed by atoms with Gasteiger partial charge in [-0.3, -0.25) is 4.79 Å². The van der Waals surface area contributed by atoms with Gasteiger partial charge < -0.3 is 15.0 Å². The van der Waals surface area contributed by atoms with Crippen LogP contribution < -0.4 is 5.32 Å². The highest BCUT2D eigenvalue weighted by Crippen LogP contribution is 2.26. The Hall–Kier alpha value is -1.94. The maximum Gasteiger partial charge on any atom is 0.272 e. The maximum absolute atomic E-state index is 12.3. The van der Waals surface area contributed by atoms with Gasteiger partial charge in [-0.2, -0.15) is 0 Å². The number of carbonyl (C=O) groups excluding carboxylic acids is 1. The quantitative estimate of drug-likeness (QED) is 0.841. The highest BCUT2D eigenvalue weighted by atomic mass is 35.5. The van der Waals surface area contributed by atoms with Crippen LogP contribution >= 0.6 is 11.6 Å². The van der Waals surface area contributed by atoms with Crippen molar-refractivity contribution in [3.8, 4) is 5.75 Å². The second-order valence-electron chi connectivity index (χ2n) is 5.02. The molecule has 0 atom stereocenters. The molecular formula is C15H17ClN2O2. The summed E-state index contributed by atoms with van der Waals surface area (Å²) in [6.45, 7) is 5.81. The van der Waals surface area contributed by atoms with E-state index in [0.29, 0.717) is 16.4 Å². The molecule has 4 nitrogen and oxygen atoms in total. The number of benzene rings is 1. The second kappa shape index (κ2) is 5.59. The van der Waals surface area contributed by atoms with Crippen LogP contribution in [0.5, 0.6) is 5.75 Å². The van der Waals surface area contributed by atoms with Crippen LogP contribution in [0.15, 0.2) is 30.5 Å². The third kappa shape index (κ3) is 2.96. The Balaban J connectivity index is 2.28. The molecule has 2 N–H and O–H groups in total. The first-order valence-corrected chi connectivity index (χ1v) is 6.74. The van der Waals surface area contributed by atoms with Crippen molar-refractivity contribution in [1.29, 1.82) is 0 Å². The van der Waals surface area contributed by atoms with Gasteiger partial charge in [0.2, 0.25) is 0 Å². The van der Waals surface area contributed by atoms with Gasteiger partial charge in [-0.25, -0.2) is 0 Å². The van der Waals surface area contributed by atoms with Crippen LogP contribution in [0.25, 0.3) is 0 Å². The Morgan fingerprint density at radius 3 is 2.65 bits per heavy atom. The van der Waals surface area contributed by atoms with Crippen LogP contribution in [0, 0.1) is 6.92 Å². The first-order chi connectivity index (χ1) is 9.38. The van der Waals surface area contributed by atoms with Gasteiger partial charge in [0.25, 0.3) is 5.91 Å². The number of anilines is 1. The van der Waals surface area contributed by atoms with Crippen LogP contribution in [0.2, 0.25) is 5.02 Å². The minimum absolute atomic E-state index is 0.0482. The van der Waals surface area contributed by atoms with Crippen LogP contribution in [0.3, 0.4) is 0 Å². The van der Waals surface area contributed by atoms with E-state index < -0.39 is 0 Å². The number of nitrogens with one attached hydrogen (secondary N) is 1. The Morgan fingerprint density at radius 2 is 2.05 bits per heavy atom. The number of aromatic nitrogens is 1. The van der Waals surface area contributed by atoms with Crippen molar-refractivity contribution in [3.05, 3.63) is 46.7 Å². The zero-order valence-corrected chi connectivity index (χ0v) is 12.4. The smallest absolute Gasteiger partial charge is 0.272 e. The number of aryl methyl sites for hydroxylation is 1.